The van der Waals surface area contributed by atoms with Gasteiger partial charge in [-0.3, -0.25) is 4.79 Å². The van der Waals surface area contributed by atoms with Crippen LogP contribution in [0.2, 0.25) is 0 Å². The minimum absolute atomic E-state index is 0.0236. The van der Waals surface area contributed by atoms with Crippen LogP contribution in [0.4, 0.5) is 10.1 Å². The van der Waals surface area contributed by atoms with Crippen LogP contribution in [0.3, 0.4) is 0 Å². The number of nitrogens with zero attached hydrogens (tertiary/aromatic N) is 1. The second-order valence-electron chi connectivity index (χ2n) is 7.00. The Morgan fingerprint density at radius 2 is 1.91 bits per heavy atom. The molecule has 9 heteroatoms. The Morgan fingerprint density at radius 3 is 2.58 bits per heavy atom. The Kier molecular flexibility index (Phi) is 7.31. The van der Waals surface area contributed by atoms with Gasteiger partial charge in [0, 0.05) is 11.3 Å². The number of esters is 1. The summed E-state index contributed by atoms with van der Waals surface area (Å²) in [6, 6.07) is 14.0. The first kappa shape index (κ1) is 23.3. The van der Waals surface area contributed by atoms with Gasteiger partial charge in [0.05, 0.1) is 18.1 Å². The van der Waals surface area contributed by atoms with Crippen LogP contribution < -0.4 is 15.8 Å². The molecule has 0 radical (unpaired) electrons. The van der Waals surface area contributed by atoms with Crippen molar-refractivity contribution >= 4 is 17.6 Å². The molecule has 0 fully saturated rings. The number of anilines is 1. The van der Waals surface area contributed by atoms with Crippen LogP contribution >= 0.6 is 0 Å². The lowest BCUT2D eigenvalue weighted by Gasteiger charge is -2.28. The average Bonchev–Trinajstić information content (AvgIpc) is 2.79. The molecule has 0 aliphatic carbocycles. The summed E-state index contributed by atoms with van der Waals surface area (Å²) in [7, 11) is 0. The number of carbonyl (C=O) groups is 2. The lowest BCUT2D eigenvalue weighted by atomic mass is 9.82. The van der Waals surface area contributed by atoms with E-state index < -0.39 is 23.6 Å². The lowest BCUT2D eigenvalue weighted by Crippen LogP contribution is -2.26. The maximum absolute atomic E-state index is 13.0. The Morgan fingerprint density at radius 1 is 1.21 bits per heavy atom. The van der Waals surface area contributed by atoms with E-state index in [-0.39, 0.29) is 41.8 Å². The summed E-state index contributed by atoms with van der Waals surface area (Å²) < 4.78 is 29.4. The molecule has 0 saturated carbocycles. The highest BCUT2D eigenvalue weighted by Crippen LogP contribution is 2.42. The SMILES string of the molecule is CCOC(=O)C1=C(C)OC(N)=C(C#N)C1c1ccccc1OCC(=O)Nc1ccc(F)cc1. The first-order chi connectivity index (χ1) is 15.8. The average molecular weight is 451 g/mol. The van der Waals surface area contributed by atoms with Gasteiger partial charge in [-0.05, 0) is 44.2 Å². The minimum atomic E-state index is -0.904. The molecule has 1 unspecified atom stereocenters. The van der Waals surface area contributed by atoms with Crippen LogP contribution in [0.15, 0.2) is 71.3 Å². The molecular formula is C24H22FN3O5. The number of nitrogens with two attached hydrogens (primary N) is 1. The lowest BCUT2D eigenvalue weighted by molar-refractivity contribution is -0.139. The van der Waals surface area contributed by atoms with E-state index in [4.69, 9.17) is 19.9 Å². The van der Waals surface area contributed by atoms with E-state index in [0.29, 0.717) is 11.3 Å². The van der Waals surface area contributed by atoms with E-state index in [2.05, 4.69) is 5.32 Å². The third-order valence-electron chi connectivity index (χ3n) is 4.82. The van der Waals surface area contributed by atoms with Crippen molar-refractivity contribution in [3.8, 4) is 11.8 Å². The van der Waals surface area contributed by atoms with Crippen LogP contribution in [-0.2, 0) is 19.1 Å². The number of carbonyl (C=O) groups excluding carboxylic acids is 2. The monoisotopic (exact) mass is 451 g/mol. The molecule has 1 amide bonds. The summed E-state index contributed by atoms with van der Waals surface area (Å²) in [6.45, 7) is 2.99. The zero-order valence-electron chi connectivity index (χ0n) is 18.1. The van der Waals surface area contributed by atoms with E-state index in [1.165, 1.54) is 24.3 Å². The molecule has 0 aromatic heterocycles. The van der Waals surface area contributed by atoms with Crippen LogP contribution in [0.25, 0.3) is 0 Å². The summed E-state index contributed by atoms with van der Waals surface area (Å²) in [5.41, 5.74) is 6.93. The molecule has 1 heterocycles. The van der Waals surface area contributed by atoms with Gasteiger partial charge in [0.1, 0.15) is 29.0 Å². The van der Waals surface area contributed by atoms with E-state index in [1.807, 2.05) is 6.07 Å². The van der Waals surface area contributed by atoms with E-state index in [1.54, 1.807) is 38.1 Å². The van der Waals surface area contributed by atoms with Crippen LogP contribution in [-0.4, -0.2) is 25.1 Å². The molecule has 1 aliphatic heterocycles. The molecule has 8 nitrogen and oxygen atoms in total. The van der Waals surface area contributed by atoms with Gasteiger partial charge >= 0.3 is 5.97 Å². The zero-order chi connectivity index (χ0) is 24.0. The number of benzene rings is 2. The third kappa shape index (κ3) is 5.30. The number of rotatable bonds is 7. The summed E-state index contributed by atoms with van der Waals surface area (Å²) in [4.78, 5) is 25.0. The predicted octanol–water partition coefficient (Wildman–Crippen LogP) is 3.49. The molecular weight excluding hydrogens is 429 g/mol. The molecule has 170 valence electrons. The summed E-state index contributed by atoms with van der Waals surface area (Å²) in [6.07, 6.45) is 0. The number of hydrogen-bond acceptors (Lipinski definition) is 7. The van der Waals surface area contributed by atoms with Gasteiger partial charge in [0.15, 0.2) is 6.61 Å². The van der Waals surface area contributed by atoms with Gasteiger partial charge in [0.25, 0.3) is 5.91 Å². The molecule has 3 N–H and O–H groups in total. The zero-order valence-corrected chi connectivity index (χ0v) is 18.1. The molecule has 1 atom stereocenters. The molecule has 33 heavy (non-hydrogen) atoms. The van der Waals surface area contributed by atoms with Crippen molar-refractivity contribution in [2.75, 3.05) is 18.5 Å². The normalized spacial score (nSPS) is 15.4. The van der Waals surface area contributed by atoms with E-state index in [9.17, 15) is 19.2 Å². The Hall–Kier alpha value is -4.32. The fourth-order valence-corrected chi connectivity index (χ4v) is 3.39. The Balaban J connectivity index is 1.89. The van der Waals surface area contributed by atoms with Gasteiger partial charge in [-0.25, -0.2) is 9.18 Å². The third-order valence-corrected chi connectivity index (χ3v) is 4.82. The largest absolute Gasteiger partial charge is 0.483 e. The number of nitriles is 1. The van der Waals surface area contributed by atoms with Gasteiger partial charge in [-0.1, -0.05) is 18.2 Å². The van der Waals surface area contributed by atoms with Crippen LogP contribution in [0, 0.1) is 17.1 Å². The maximum Gasteiger partial charge on any atom is 0.338 e. The standard InChI is InChI=1S/C24H22FN3O5/c1-3-31-24(30)21-14(2)33-23(27)18(12-26)22(21)17-6-4-5-7-19(17)32-13-20(29)28-16-10-8-15(25)9-11-16/h4-11,22H,3,13,27H2,1-2H3,(H,28,29). The second kappa shape index (κ2) is 10.3. The van der Waals surface area contributed by atoms with Crippen LogP contribution in [0.5, 0.6) is 5.75 Å². The smallest absolute Gasteiger partial charge is 0.338 e. The molecule has 2 aromatic carbocycles. The van der Waals surface area contributed by atoms with Crippen molar-refractivity contribution in [1.29, 1.82) is 5.26 Å². The highest BCUT2D eigenvalue weighted by atomic mass is 19.1. The number of halogens is 1. The van der Waals surface area contributed by atoms with Crippen molar-refractivity contribution in [3.63, 3.8) is 0 Å². The van der Waals surface area contributed by atoms with Crippen molar-refractivity contribution in [1.82, 2.24) is 0 Å². The Bertz CT molecular complexity index is 1170. The predicted molar refractivity (Wildman–Crippen MR) is 117 cm³/mol. The van der Waals surface area contributed by atoms with E-state index in [0.717, 1.165) is 0 Å². The Labute approximate surface area is 190 Å². The highest BCUT2D eigenvalue weighted by molar-refractivity contribution is 5.93. The number of amides is 1. The number of hydrogen-bond donors (Lipinski definition) is 2. The van der Waals surface area contributed by atoms with Gasteiger partial charge in [0.2, 0.25) is 5.88 Å². The molecule has 3 rings (SSSR count). The second-order valence-corrected chi connectivity index (χ2v) is 7.00. The highest BCUT2D eigenvalue weighted by Gasteiger charge is 2.37. The summed E-state index contributed by atoms with van der Waals surface area (Å²) >= 11 is 0. The topological polar surface area (TPSA) is 124 Å². The van der Waals surface area contributed by atoms with Crippen molar-refractivity contribution in [3.05, 3.63) is 82.7 Å². The number of nitrogens with one attached hydrogen (secondary N) is 1. The van der Waals surface area contributed by atoms with Gasteiger partial charge in [-0.15, -0.1) is 0 Å². The summed E-state index contributed by atoms with van der Waals surface area (Å²) in [5, 5.41) is 12.3. The minimum Gasteiger partial charge on any atom is -0.483 e. The number of ether oxygens (including phenoxy) is 3. The van der Waals surface area contributed by atoms with Crippen molar-refractivity contribution in [2.45, 2.75) is 19.8 Å². The molecule has 0 saturated heterocycles. The molecule has 1 aliphatic rings. The fourth-order valence-electron chi connectivity index (χ4n) is 3.39. The first-order valence-corrected chi connectivity index (χ1v) is 10.1. The van der Waals surface area contributed by atoms with Gasteiger partial charge < -0.3 is 25.3 Å². The van der Waals surface area contributed by atoms with Gasteiger partial charge in [-0.2, -0.15) is 5.26 Å². The van der Waals surface area contributed by atoms with Crippen molar-refractivity contribution in [2.24, 2.45) is 5.73 Å². The summed E-state index contributed by atoms with van der Waals surface area (Å²) in [5.74, 6) is -2.10. The number of para-hydroxylation sites is 1. The van der Waals surface area contributed by atoms with E-state index >= 15 is 0 Å². The number of allylic oxidation sites excluding steroid dienone is 2. The fraction of sp³-hybridized carbons (Fsp3) is 0.208. The van der Waals surface area contributed by atoms with Crippen molar-refractivity contribution < 1.29 is 28.2 Å². The molecule has 0 bridgehead atoms. The first-order valence-electron chi connectivity index (χ1n) is 10.1. The van der Waals surface area contributed by atoms with Crippen LogP contribution in [0.1, 0.15) is 25.3 Å². The maximum atomic E-state index is 13.0. The molecule has 0 spiro atoms. The quantitative estimate of drug-likeness (QED) is 0.618. The molecule has 2 aromatic rings.